The Morgan fingerprint density at radius 3 is 1.56 bits per heavy atom. The van der Waals surface area contributed by atoms with Gasteiger partial charge in [-0.1, -0.05) is 206 Å². The molecule has 318 valence electrons. The largest absolute Gasteiger partial charge is 0.456 e. The second-order valence-corrected chi connectivity index (χ2v) is 17.6. The Kier molecular flexibility index (Phi) is 9.40. The molecular formula is C65H42N2O. The molecule has 0 fully saturated rings. The van der Waals surface area contributed by atoms with Crippen LogP contribution in [-0.4, -0.2) is 9.97 Å². The van der Waals surface area contributed by atoms with E-state index in [0.29, 0.717) is 5.82 Å². The Morgan fingerprint density at radius 1 is 0.294 bits per heavy atom. The minimum absolute atomic E-state index is 0.541. The molecule has 68 heavy (non-hydrogen) atoms. The van der Waals surface area contributed by atoms with E-state index in [1.165, 1.54) is 38.9 Å². The van der Waals surface area contributed by atoms with Gasteiger partial charge in [-0.3, -0.25) is 0 Å². The Hall–Kier alpha value is -8.92. The molecule has 0 amide bonds. The third-order valence-corrected chi connectivity index (χ3v) is 13.7. The molecule has 2 heterocycles. The smallest absolute Gasteiger partial charge is 0.160 e. The number of hydrogen-bond acceptors (Lipinski definition) is 3. The van der Waals surface area contributed by atoms with Gasteiger partial charge >= 0.3 is 0 Å². The molecule has 0 unspecified atom stereocenters. The standard InChI is InChI=1S/C65H42N2O/c1-5-19-43(20-6-1)48-38-49(45-35-36-62-57(41-45)55-30-14-16-34-61(55)68-62)40-50(39-48)60-42-59(66-64(67-60)44-21-7-2-8-22-44)47-24-17-23-46(37-47)53-31-18-32-56-54-29-13-15-33-58(54)65(63(53)56,51-25-9-3-10-26-51)52-27-11-4-12-28-52/h1-42H. The quantitative estimate of drug-likeness (QED) is 0.153. The molecule has 0 spiro atoms. The first kappa shape index (κ1) is 39.4. The molecule has 2 aromatic heterocycles. The molecule has 3 heteroatoms. The maximum absolute atomic E-state index is 6.25. The van der Waals surface area contributed by atoms with Gasteiger partial charge in [-0.25, -0.2) is 9.97 Å². The number of aromatic nitrogens is 2. The van der Waals surface area contributed by atoms with Gasteiger partial charge in [0.2, 0.25) is 0 Å². The summed E-state index contributed by atoms with van der Waals surface area (Å²) in [4.78, 5) is 10.7. The molecule has 1 aliphatic carbocycles. The predicted molar refractivity (Wildman–Crippen MR) is 279 cm³/mol. The first-order valence-electron chi connectivity index (χ1n) is 23.2. The minimum Gasteiger partial charge on any atom is -0.456 e. The van der Waals surface area contributed by atoms with Crippen LogP contribution in [0.3, 0.4) is 0 Å². The van der Waals surface area contributed by atoms with E-state index in [-0.39, 0.29) is 0 Å². The number of rotatable bonds is 8. The molecule has 0 radical (unpaired) electrons. The molecule has 0 bridgehead atoms. The van der Waals surface area contributed by atoms with E-state index in [0.717, 1.165) is 77.8 Å². The first-order chi connectivity index (χ1) is 33.7. The zero-order valence-electron chi connectivity index (χ0n) is 37.1. The maximum Gasteiger partial charge on any atom is 0.160 e. The van der Waals surface area contributed by atoms with Crippen molar-refractivity contribution < 1.29 is 4.42 Å². The summed E-state index contributed by atoms with van der Waals surface area (Å²) < 4.78 is 6.25. The molecule has 0 aliphatic heterocycles. The van der Waals surface area contributed by atoms with Gasteiger partial charge in [-0.15, -0.1) is 0 Å². The van der Waals surface area contributed by atoms with Gasteiger partial charge in [0.05, 0.1) is 16.8 Å². The summed E-state index contributed by atoms with van der Waals surface area (Å²) in [6, 6.07) is 91.4. The molecular weight excluding hydrogens is 825 g/mol. The fourth-order valence-electron chi connectivity index (χ4n) is 10.7. The molecule has 0 saturated heterocycles. The topological polar surface area (TPSA) is 38.9 Å². The maximum atomic E-state index is 6.25. The number of furan rings is 1. The molecule has 10 aromatic carbocycles. The third-order valence-electron chi connectivity index (χ3n) is 13.7. The average molecular weight is 867 g/mol. The van der Waals surface area contributed by atoms with Crippen LogP contribution in [0.5, 0.6) is 0 Å². The second-order valence-electron chi connectivity index (χ2n) is 17.6. The second kappa shape index (κ2) is 16.2. The number of para-hydroxylation sites is 1. The van der Waals surface area contributed by atoms with Crippen molar-refractivity contribution in [2.24, 2.45) is 0 Å². The van der Waals surface area contributed by atoms with Gasteiger partial charge < -0.3 is 4.42 Å². The lowest BCUT2D eigenvalue weighted by Crippen LogP contribution is -2.29. The highest BCUT2D eigenvalue weighted by molar-refractivity contribution is 6.06. The molecule has 0 N–H and O–H groups in total. The van der Waals surface area contributed by atoms with E-state index in [1.807, 2.05) is 18.2 Å². The highest BCUT2D eigenvalue weighted by Crippen LogP contribution is 2.58. The molecule has 0 saturated carbocycles. The number of nitrogens with zero attached hydrogens (tertiary/aromatic N) is 2. The van der Waals surface area contributed by atoms with Crippen molar-refractivity contribution in [1.82, 2.24) is 9.97 Å². The van der Waals surface area contributed by atoms with Gasteiger partial charge in [0, 0.05) is 27.5 Å². The molecule has 0 atom stereocenters. The Bertz CT molecular complexity index is 3800. The summed E-state index contributed by atoms with van der Waals surface area (Å²) in [5.41, 5.74) is 20.2. The minimum atomic E-state index is -0.541. The SMILES string of the molecule is c1ccc(-c2cc(-c3ccc4oc5ccccc5c4c3)cc(-c3cc(-c4cccc(-c5cccc6c5C(c5ccccc5)(c5ccccc5)c5ccccc5-6)c4)nc(-c4ccccc4)n3)c2)cc1. The molecule has 13 rings (SSSR count). The lowest BCUT2D eigenvalue weighted by Gasteiger charge is -2.35. The highest BCUT2D eigenvalue weighted by atomic mass is 16.3. The van der Waals surface area contributed by atoms with Gasteiger partial charge in [-0.05, 0) is 115 Å². The van der Waals surface area contributed by atoms with Gasteiger partial charge in [0.1, 0.15) is 11.2 Å². The lowest BCUT2D eigenvalue weighted by atomic mass is 9.66. The van der Waals surface area contributed by atoms with Crippen molar-refractivity contribution in [3.63, 3.8) is 0 Å². The normalized spacial score (nSPS) is 12.5. The van der Waals surface area contributed by atoms with Crippen LogP contribution >= 0.6 is 0 Å². The molecule has 3 nitrogen and oxygen atoms in total. The van der Waals surface area contributed by atoms with E-state index in [9.17, 15) is 0 Å². The molecule has 12 aromatic rings. The van der Waals surface area contributed by atoms with Crippen LogP contribution in [0.1, 0.15) is 22.3 Å². The Balaban J connectivity index is 1.00. The summed E-state index contributed by atoms with van der Waals surface area (Å²) in [6.45, 7) is 0. The fourth-order valence-corrected chi connectivity index (χ4v) is 10.7. The number of benzene rings is 10. The van der Waals surface area contributed by atoms with Crippen LogP contribution in [0.15, 0.2) is 259 Å². The van der Waals surface area contributed by atoms with E-state index >= 15 is 0 Å². The van der Waals surface area contributed by atoms with E-state index < -0.39 is 5.41 Å². The van der Waals surface area contributed by atoms with Gasteiger partial charge in [0.15, 0.2) is 5.82 Å². The van der Waals surface area contributed by atoms with Crippen LogP contribution < -0.4 is 0 Å². The summed E-state index contributed by atoms with van der Waals surface area (Å²) >= 11 is 0. The van der Waals surface area contributed by atoms with Crippen LogP contribution in [0.4, 0.5) is 0 Å². The Labute approximate surface area is 395 Å². The van der Waals surface area contributed by atoms with Crippen LogP contribution in [-0.2, 0) is 5.41 Å². The number of hydrogen-bond donors (Lipinski definition) is 0. The fraction of sp³-hybridized carbons (Fsp3) is 0.0154. The van der Waals surface area contributed by atoms with Crippen molar-refractivity contribution in [3.8, 4) is 78.4 Å². The van der Waals surface area contributed by atoms with E-state index in [4.69, 9.17) is 14.4 Å². The molecule has 1 aliphatic rings. The summed E-state index contributed by atoms with van der Waals surface area (Å²) in [5, 5.41) is 2.20. The zero-order valence-corrected chi connectivity index (χ0v) is 37.1. The van der Waals surface area contributed by atoms with Crippen molar-refractivity contribution in [3.05, 3.63) is 277 Å². The van der Waals surface area contributed by atoms with Gasteiger partial charge in [0.25, 0.3) is 0 Å². The van der Waals surface area contributed by atoms with Crippen molar-refractivity contribution in [2.75, 3.05) is 0 Å². The predicted octanol–water partition coefficient (Wildman–Crippen LogP) is 16.7. The Morgan fingerprint density at radius 2 is 0.809 bits per heavy atom. The van der Waals surface area contributed by atoms with Crippen LogP contribution in [0.25, 0.3) is 100 Å². The first-order valence-corrected chi connectivity index (χ1v) is 23.2. The monoisotopic (exact) mass is 866 g/mol. The van der Waals surface area contributed by atoms with Crippen LogP contribution in [0.2, 0.25) is 0 Å². The number of fused-ring (bicyclic) bond motifs is 6. The average Bonchev–Trinajstić information content (AvgIpc) is 3.95. The van der Waals surface area contributed by atoms with E-state index in [2.05, 4.69) is 237 Å². The van der Waals surface area contributed by atoms with Crippen molar-refractivity contribution in [1.29, 1.82) is 0 Å². The lowest BCUT2D eigenvalue weighted by molar-refractivity contribution is 0.669. The van der Waals surface area contributed by atoms with Crippen molar-refractivity contribution >= 4 is 21.9 Å². The zero-order chi connectivity index (χ0) is 45.0. The summed E-state index contributed by atoms with van der Waals surface area (Å²) in [6.07, 6.45) is 0. The third kappa shape index (κ3) is 6.51. The van der Waals surface area contributed by atoms with Crippen LogP contribution in [0, 0.1) is 0 Å². The van der Waals surface area contributed by atoms with Gasteiger partial charge in [-0.2, -0.15) is 0 Å². The summed E-state index contributed by atoms with van der Waals surface area (Å²) in [7, 11) is 0. The highest BCUT2D eigenvalue weighted by Gasteiger charge is 2.47. The van der Waals surface area contributed by atoms with Crippen molar-refractivity contribution in [2.45, 2.75) is 5.41 Å². The van der Waals surface area contributed by atoms with E-state index in [1.54, 1.807) is 0 Å². The summed E-state index contributed by atoms with van der Waals surface area (Å²) in [5.74, 6) is 0.671.